The third-order valence-corrected chi connectivity index (χ3v) is 20.0. The molecule has 0 N–H and O–H groups in total. The Morgan fingerprint density at radius 2 is 0.386 bits per heavy atom. The van der Waals surface area contributed by atoms with Crippen molar-refractivity contribution < 1.29 is 0 Å². The molecule has 0 radical (unpaired) electrons. The number of aryl methyl sites for hydroxylation is 14. The molecule has 0 fully saturated rings. The van der Waals surface area contributed by atoms with E-state index in [4.69, 9.17) is 0 Å². The van der Waals surface area contributed by atoms with Crippen LogP contribution in [0.3, 0.4) is 0 Å². The summed E-state index contributed by atoms with van der Waals surface area (Å²) in [6.07, 6.45) is 0. The molecule has 1 aliphatic carbocycles. The maximum Gasteiger partial charge on any atom is 0.0159 e. The number of benzene rings is 17. The normalized spacial score (nSPS) is 11.6. The molecule has 0 aromatic heterocycles. The van der Waals surface area contributed by atoms with E-state index in [1.807, 2.05) is 0 Å². The minimum atomic E-state index is 0.142. The third-order valence-electron chi connectivity index (χ3n) is 20.0. The van der Waals surface area contributed by atoms with Crippen molar-refractivity contribution in [1.29, 1.82) is 0 Å². The van der Waals surface area contributed by atoms with Crippen molar-refractivity contribution in [3.05, 3.63) is 380 Å². The van der Waals surface area contributed by atoms with Crippen LogP contribution in [-0.2, 0) is 5.41 Å². The van der Waals surface area contributed by atoms with E-state index in [0.717, 1.165) is 0 Å². The summed E-state index contributed by atoms with van der Waals surface area (Å²) in [4.78, 5) is 0. The van der Waals surface area contributed by atoms with E-state index in [9.17, 15) is 0 Å². The molecule has 0 bridgehead atoms. The van der Waals surface area contributed by atoms with Gasteiger partial charge in [0.05, 0.1) is 0 Å². The van der Waals surface area contributed by atoms with E-state index in [1.165, 1.54) is 197 Å². The molecular formula is C101H96. The zero-order valence-corrected chi connectivity index (χ0v) is 62.2. The Labute approximate surface area is 600 Å². The maximum absolute atomic E-state index is 2.34. The minimum Gasteiger partial charge on any atom is -0.0617 e. The van der Waals surface area contributed by atoms with Crippen LogP contribution in [0.5, 0.6) is 0 Å². The lowest BCUT2D eigenvalue weighted by molar-refractivity contribution is 0.659. The van der Waals surface area contributed by atoms with Crippen LogP contribution in [0.15, 0.2) is 291 Å². The molecule has 18 rings (SSSR count). The van der Waals surface area contributed by atoms with Gasteiger partial charge >= 0.3 is 0 Å². The third kappa shape index (κ3) is 16.1. The zero-order valence-electron chi connectivity index (χ0n) is 62.2. The first-order valence-electron chi connectivity index (χ1n) is 35.8. The summed E-state index contributed by atoms with van der Waals surface area (Å²) in [6.45, 7) is 34.6. The molecule has 101 heavy (non-hydrogen) atoms. The average molecular weight is 1310 g/mol. The lowest BCUT2D eigenvalue weighted by Gasteiger charge is -2.22. The van der Waals surface area contributed by atoms with E-state index in [1.54, 1.807) is 0 Å². The molecule has 0 saturated carbocycles. The molecule has 0 atom stereocenters. The lowest BCUT2D eigenvalue weighted by Crippen LogP contribution is -2.15. The fraction of sp³-hybridized carbons (Fsp3) is 0.168. The van der Waals surface area contributed by atoms with E-state index >= 15 is 0 Å². The van der Waals surface area contributed by atoms with Crippen molar-refractivity contribution >= 4 is 97.0 Å². The van der Waals surface area contributed by atoms with Crippen molar-refractivity contribution in [2.45, 2.75) is 116 Å². The van der Waals surface area contributed by atoms with E-state index in [-0.39, 0.29) is 5.41 Å². The molecule has 0 aliphatic heterocycles. The molecule has 17 aromatic carbocycles. The summed E-state index contributed by atoms with van der Waals surface area (Å²) in [6, 6.07) is 106. The first-order chi connectivity index (χ1) is 48.5. The summed E-state index contributed by atoms with van der Waals surface area (Å²) < 4.78 is 0. The van der Waals surface area contributed by atoms with E-state index < -0.39 is 0 Å². The first kappa shape index (κ1) is 70.0. The molecule has 0 nitrogen and oxygen atoms in total. The quantitative estimate of drug-likeness (QED) is 0.133. The molecule has 1 aliphatic rings. The number of hydrogen-bond donors (Lipinski definition) is 0. The van der Waals surface area contributed by atoms with Gasteiger partial charge in [-0.25, -0.2) is 0 Å². The Balaban J connectivity index is 0.000000114. The van der Waals surface area contributed by atoms with Crippen LogP contribution >= 0.6 is 0 Å². The summed E-state index contributed by atoms with van der Waals surface area (Å²) >= 11 is 0. The monoisotopic (exact) mass is 1310 g/mol. The van der Waals surface area contributed by atoms with Crippen molar-refractivity contribution in [3.8, 4) is 11.1 Å². The molecule has 0 spiro atoms. The van der Waals surface area contributed by atoms with Crippen LogP contribution in [0.25, 0.3) is 108 Å². The summed E-state index contributed by atoms with van der Waals surface area (Å²) in [7, 11) is 0. The van der Waals surface area contributed by atoms with Gasteiger partial charge in [0.15, 0.2) is 0 Å². The fourth-order valence-corrected chi connectivity index (χ4v) is 14.5. The largest absolute Gasteiger partial charge is 0.0617 e. The fourth-order valence-electron chi connectivity index (χ4n) is 14.5. The van der Waals surface area contributed by atoms with E-state index in [2.05, 4.69) is 402 Å². The Hall–Kier alpha value is -10.9. The van der Waals surface area contributed by atoms with Gasteiger partial charge in [0.2, 0.25) is 0 Å². The van der Waals surface area contributed by atoms with Crippen molar-refractivity contribution in [1.82, 2.24) is 0 Å². The van der Waals surface area contributed by atoms with Crippen LogP contribution in [-0.4, -0.2) is 0 Å². The molecule has 0 heterocycles. The van der Waals surface area contributed by atoms with Crippen LogP contribution in [0.4, 0.5) is 0 Å². The van der Waals surface area contributed by atoms with Crippen LogP contribution in [0.2, 0.25) is 0 Å². The molecule has 17 aromatic rings. The van der Waals surface area contributed by atoms with Gasteiger partial charge < -0.3 is 0 Å². The zero-order chi connectivity index (χ0) is 71.2. The Bertz CT molecular complexity index is 5520. The standard InChI is InChI=1S/2C20H16.C17H18.C16H14.C12H12.2C8H10/c1-13-3-5-15-7-10-18-17(19(15)11-13)9-8-16-6-4-14(2)12-20(16)18;1-13-7-9-17-18-10-8-14(2)12-20(18)16-6-4-3-5-15(16)19(17)11-13;1-11-5-7-13-14-8-6-12(2)10-16(14)17(3,4)15(13)9-11;1-11-3-7-15-13(9-11)5-6-14-10-12(2)4-8-16(14)15;1-9-3-5-12-8-10(2)4-6-11(12)7-9;1-7-3-5-8(2)6-4-7;1-7-4-3-5-8(2)6-7/h2*3-12H,1-2H3;5-10H,1-4H3;3-10H,1-2H3;3-8H,1-2H3;2*3-6H,1-2H3. The molecule has 0 amide bonds. The highest BCUT2D eigenvalue weighted by Crippen LogP contribution is 2.49. The highest BCUT2D eigenvalue weighted by Gasteiger charge is 2.35. The summed E-state index contributed by atoms with van der Waals surface area (Å²) in [5.74, 6) is 0. The topological polar surface area (TPSA) is 0 Å². The summed E-state index contributed by atoms with van der Waals surface area (Å²) in [5.41, 5.74) is 24.5. The average Bonchev–Trinajstić information content (AvgIpc) is 1.66. The molecule has 500 valence electrons. The van der Waals surface area contributed by atoms with Gasteiger partial charge in [-0.3, -0.25) is 0 Å². The Morgan fingerprint density at radius 1 is 0.149 bits per heavy atom. The highest BCUT2D eigenvalue weighted by atomic mass is 14.4. The predicted molar refractivity (Wildman–Crippen MR) is 447 cm³/mol. The van der Waals surface area contributed by atoms with Gasteiger partial charge in [0, 0.05) is 5.41 Å². The number of fused-ring (bicyclic) bond motifs is 18. The molecule has 0 saturated heterocycles. The first-order valence-corrected chi connectivity index (χ1v) is 35.8. The van der Waals surface area contributed by atoms with Crippen molar-refractivity contribution in [3.63, 3.8) is 0 Å². The predicted octanol–water partition coefficient (Wildman–Crippen LogP) is 28.8. The Morgan fingerprint density at radius 3 is 0.752 bits per heavy atom. The van der Waals surface area contributed by atoms with Gasteiger partial charge in [-0.2, -0.15) is 0 Å². The molecule has 0 unspecified atom stereocenters. The van der Waals surface area contributed by atoms with E-state index in [0.29, 0.717) is 0 Å². The Kier molecular flexibility index (Phi) is 21.0. The van der Waals surface area contributed by atoms with Gasteiger partial charge in [0.1, 0.15) is 0 Å². The minimum absolute atomic E-state index is 0.142. The lowest BCUT2D eigenvalue weighted by atomic mass is 9.81. The number of rotatable bonds is 0. The van der Waals surface area contributed by atoms with Gasteiger partial charge in [0.25, 0.3) is 0 Å². The second-order valence-electron chi connectivity index (χ2n) is 29.2. The second kappa shape index (κ2) is 30.3. The number of hydrogen-bond acceptors (Lipinski definition) is 0. The van der Waals surface area contributed by atoms with Crippen LogP contribution in [0, 0.1) is 96.9 Å². The van der Waals surface area contributed by atoms with Gasteiger partial charge in [-0.1, -0.05) is 383 Å². The molecular weight excluding hydrogens is 1210 g/mol. The highest BCUT2D eigenvalue weighted by molar-refractivity contribution is 6.25. The van der Waals surface area contributed by atoms with Gasteiger partial charge in [-0.15, -0.1) is 0 Å². The maximum atomic E-state index is 2.34. The van der Waals surface area contributed by atoms with Crippen LogP contribution in [0.1, 0.15) is 103 Å². The van der Waals surface area contributed by atoms with Crippen molar-refractivity contribution in [2.75, 3.05) is 0 Å². The second-order valence-corrected chi connectivity index (χ2v) is 29.2. The van der Waals surface area contributed by atoms with Crippen LogP contribution < -0.4 is 0 Å². The van der Waals surface area contributed by atoms with Crippen molar-refractivity contribution in [2.24, 2.45) is 0 Å². The molecule has 0 heteroatoms. The smallest absolute Gasteiger partial charge is 0.0159 e. The van der Waals surface area contributed by atoms with Gasteiger partial charge in [-0.05, 0) is 216 Å². The summed E-state index contributed by atoms with van der Waals surface area (Å²) in [5, 5.41) is 24.2. The SMILES string of the molecule is Cc1ccc(C)cc1.Cc1ccc2c(c1)C(C)(C)c1cc(C)ccc1-2.Cc1ccc2c(ccc3cc(C)ccc32)c1.Cc1ccc2c3ccc(C)cc3c3ccccc3c2c1.Cc1ccc2cc(C)ccc2c1.Cc1ccc2ccc3c4cc(C)ccc4ccc3c2c1.Cc1cccc(C)c1.